The molecule has 0 radical (unpaired) electrons. The molecule has 0 spiro atoms. The first-order valence-corrected chi connectivity index (χ1v) is 4.95. The molecule has 0 N–H and O–H groups in total. The highest BCUT2D eigenvalue weighted by molar-refractivity contribution is 14.1. The monoisotopic (exact) mass is 266 g/mol. The molecule has 0 atom stereocenters. The van der Waals surface area contributed by atoms with E-state index in [2.05, 4.69) is 6.07 Å². The van der Waals surface area contributed by atoms with Crippen LogP contribution in [0.1, 0.15) is 11.3 Å². The fourth-order valence-corrected chi connectivity index (χ4v) is 1.65. The average molecular weight is 266 g/mol. The second-order valence-electron chi connectivity index (χ2n) is 1.93. The molecule has 1 heterocycles. The Kier molecular flexibility index (Phi) is 3.34. The molecule has 0 fully saturated rings. The molecule has 0 saturated heterocycles. The number of carbonyl (C=O) groups is 1. The predicted octanol–water partition coefficient (Wildman–Crippen LogP) is 2.64. The van der Waals surface area contributed by atoms with Crippen LogP contribution < -0.4 is 0 Å². The summed E-state index contributed by atoms with van der Waals surface area (Å²) in [7, 11) is 0. The summed E-state index contributed by atoms with van der Waals surface area (Å²) in [5.41, 5.74) is 0. The molecule has 1 rings (SSSR count). The van der Waals surface area contributed by atoms with Crippen molar-refractivity contribution >= 4 is 37.7 Å². The van der Waals surface area contributed by atoms with E-state index in [0.29, 0.717) is 6.42 Å². The summed E-state index contributed by atoms with van der Waals surface area (Å²) in [5.74, 6) is 0. The number of hydrogen-bond acceptors (Lipinski definition) is 2. The van der Waals surface area contributed by atoms with Crippen molar-refractivity contribution in [2.24, 2.45) is 0 Å². The van der Waals surface area contributed by atoms with E-state index in [0.717, 1.165) is 6.42 Å². The van der Waals surface area contributed by atoms with Gasteiger partial charge in [-0.05, 0) is 40.5 Å². The van der Waals surface area contributed by atoms with Crippen LogP contribution in [0.2, 0.25) is 0 Å². The lowest BCUT2D eigenvalue weighted by molar-refractivity contribution is -0.109. The smallest absolute Gasteiger partial charge is 0.192 e. The van der Waals surface area contributed by atoms with E-state index in [1.54, 1.807) is 11.3 Å². The minimum atomic E-state index is 0.242. The summed E-state index contributed by atoms with van der Waals surface area (Å²) in [5, 5.41) is 2.03. The maximum Gasteiger partial charge on any atom is 0.192 e. The van der Waals surface area contributed by atoms with Crippen molar-refractivity contribution in [2.75, 3.05) is 0 Å². The third-order valence-corrected chi connectivity index (χ3v) is 2.62. The van der Waals surface area contributed by atoms with Gasteiger partial charge in [-0.1, -0.05) is 6.07 Å². The van der Waals surface area contributed by atoms with Gasteiger partial charge >= 0.3 is 0 Å². The molecule has 0 amide bonds. The molecule has 0 aliphatic heterocycles. The van der Waals surface area contributed by atoms with Crippen molar-refractivity contribution in [3.05, 3.63) is 22.4 Å². The Labute approximate surface area is 77.6 Å². The molecule has 10 heavy (non-hydrogen) atoms. The molecule has 0 aliphatic rings. The van der Waals surface area contributed by atoms with Gasteiger partial charge in [0.2, 0.25) is 0 Å². The Morgan fingerprint density at radius 3 is 3.00 bits per heavy atom. The normalized spacial score (nSPS) is 9.70. The van der Waals surface area contributed by atoms with Crippen LogP contribution in [0.5, 0.6) is 0 Å². The maximum absolute atomic E-state index is 10.5. The quantitative estimate of drug-likeness (QED) is 0.607. The van der Waals surface area contributed by atoms with Crippen molar-refractivity contribution in [1.29, 1.82) is 0 Å². The van der Waals surface area contributed by atoms with Crippen LogP contribution in [0.25, 0.3) is 0 Å². The standard InChI is InChI=1S/C7H7IOS/c8-7(9)4-3-6-2-1-5-10-6/h1-2,5H,3-4H2. The molecule has 1 nitrogen and oxygen atoms in total. The van der Waals surface area contributed by atoms with Gasteiger partial charge in [0.1, 0.15) is 0 Å². The maximum atomic E-state index is 10.5. The van der Waals surface area contributed by atoms with Gasteiger partial charge < -0.3 is 0 Å². The number of thiophene rings is 1. The fraction of sp³-hybridized carbons (Fsp3) is 0.286. The lowest BCUT2D eigenvalue weighted by atomic mass is 10.3. The number of rotatable bonds is 3. The molecule has 3 heteroatoms. The minimum absolute atomic E-state index is 0.242. The van der Waals surface area contributed by atoms with Crippen molar-refractivity contribution in [3.63, 3.8) is 0 Å². The van der Waals surface area contributed by atoms with Crippen molar-refractivity contribution in [3.8, 4) is 0 Å². The fourth-order valence-electron chi connectivity index (χ4n) is 0.676. The SMILES string of the molecule is O=C(I)CCc1cccs1. The van der Waals surface area contributed by atoms with Gasteiger partial charge in [-0.15, -0.1) is 11.3 Å². The second kappa shape index (κ2) is 4.08. The molecule has 0 unspecified atom stereocenters. The molecule has 1 aromatic heterocycles. The molecule has 0 aliphatic carbocycles. The summed E-state index contributed by atoms with van der Waals surface area (Å²) < 4.78 is 0.242. The van der Waals surface area contributed by atoms with Crippen LogP contribution in [0, 0.1) is 0 Å². The Morgan fingerprint density at radius 2 is 2.50 bits per heavy atom. The zero-order valence-electron chi connectivity index (χ0n) is 5.34. The van der Waals surface area contributed by atoms with E-state index in [1.165, 1.54) is 4.88 Å². The van der Waals surface area contributed by atoms with E-state index >= 15 is 0 Å². The lowest BCUT2D eigenvalue weighted by Gasteiger charge is -1.89. The first-order chi connectivity index (χ1) is 4.79. The molecule has 0 aromatic carbocycles. The molecule has 0 bridgehead atoms. The van der Waals surface area contributed by atoms with E-state index in [4.69, 9.17) is 0 Å². The molecule has 0 saturated carbocycles. The van der Waals surface area contributed by atoms with Gasteiger partial charge in [0.15, 0.2) is 3.79 Å². The van der Waals surface area contributed by atoms with Gasteiger partial charge in [-0.3, -0.25) is 4.79 Å². The first kappa shape index (κ1) is 8.20. The number of halogens is 1. The Bertz CT molecular complexity index is 205. The summed E-state index contributed by atoms with van der Waals surface area (Å²) in [6.45, 7) is 0. The van der Waals surface area contributed by atoms with E-state index in [-0.39, 0.29) is 3.79 Å². The summed E-state index contributed by atoms with van der Waals surface area (Å²) in [4.78, 5) is 11.8. The Balaban J connectivity index is 2.35. The molecular formula is C7H7IOS. The van der Waals surface area contributed by atoms with Crippen LogP contribution in [-0.2, 0) is 11.2 Å². The third-order valence-electron chi connectivity index (χ3n) is 1.15. The van der Waals surface area contributed by atoms with Gasteiger partial charge in [0.05, 0.1) is 0 Å². The highest BCUT2D eigenvalue weighted by Gasteiger charge is 1.97. The summed E-state index contributed by atoms with van der Waals surface area (Å²) in [6.07, 6.45) is 1.57. The lowest BCUT2D eigenvalue weighted by Crippen LogP contribution is -1.87. The van der Waals surface area contributed by atoms with Crippen molar-refractivity contribution < 1.29 is 4.79 Å². The molecular weight excluding hydrogens is 259 g/mol. The zero-order chi connectivity index (χ0) is 7.40. The van der Waals surface area contributed by atoms with E-state index in [9.17, 15) is 4.79 Å². The zero-order valence-corrected chi connectivity index (χ0v) is 8.31. The minimum Gasteiger partial charge on any atom is -0.288 e. The third kappa shape index (κ3) is 2.79. The molecule has 54 valence electrons. The Hall–Kier alpha value is 0.1000. The molecule has 1 aromatic rings. The predicted molar refractivity (Wildman–Crippen MR) is 51.7 cm³/mol. The van der Waals surface area contributed by atoms with Crippen LogP contribution in [0.15, 0.2) is 17.5 Å². The van der Waals surface area contributed by atoms with Crippen molar-refractivity contribution in [1.82, 2.24) is 0 Å². The van der Waals surface area contributed by atoms with Crippen molar-refractivity contribution in [2.45, 2.75) is 12.8 Å². The van der Waals surface area contributed by atoms with Gasteiger partial charge in [-0.2, -0.15) is 0 Å². The largest absolute Gasteiger partial charge is 0.288 e. The van der Waals surface area contributed by atoms with Gasteiger partial charge in [0, 0.05) is 11.3 Å². The summed E-state index contributed by atoms with van der Waals surface area (Å²) in [6, 6.07) is 4.07. The van der Waals surface area contributed by atoms with Gasteiger partial charge in [0.25, 0.3) is 0 Å². The number of carbonyl (C=O) groups excluding carboxylic acids is 1. The van der Waals surface area contributed by atoms with Gasteiger partial charge in [-0.25, -0.2) is 0 Å². The summed E-state index contributed by atoms with van der Waals surface area (Å²) >= 11 is 3.54. The highest BCUT2D eigenvalue weighted by atomic mass is 127. The highest BCUT2D eigenvalue weighted by Crippen LogP contribution is 2.11. The number of aryl methyl sites for hydroxylation is 1. The number of hydrogen-bond donors (Lipinski definition) is 0. The van der Waals surface area contributed by atoms with Crippen LogP contribution in [0.4, 0.5) is 0 Å². The average Bonchev–Trinajstić information content (AvgIpc) is 2.34. The Morgan fingerprint density at radius 1 is 1.70 bits per heavy atom. The topological polar surface area (TPSA) is 17.1 Å². The van der Waals surface area contributed by atoms with Crippen LogP contribution in [-0.4, -0.2) is 3.79 Å². The van der Waals surface area contributed by atoms with E-state index < -0.39 is 0 Å². The first-order valence-electron chi connectivity index (χ1n) is 3.00. The van der Waals surface area contributed by atoms with Crippen LogP contribution in [0.3, 0.4) is 0 Å². The van der Waals surface area contributed by atoms with Crippen LogP contribution >= 0.6 is 33.9 Å². The van der Waals surface area contributed by atoms with E-state index in [1.807, 2.05) is 34.0 Å². The second-order valence-corrected chi connectivity index (χ2v) is 4.17.